The van der Waals surface area contributed by atoms with Crippen molar-refractivity contribution in [2.45, 2.75) is 12.8 Å². The molecule has 5 nitrogen and oxygen atoms in total. The third kappa shape index (κ3) is 1.57. The highest BCUT2D eigenvalue weighted by Crippen LogP contribution is 2.20. The first-order valence-electron chi connectivity index (χ1n) is 4.76. The summed E-state index contributed by atoms with van der Waals surface area (Å²) >= 11 is 0. The van der Waals surface area contributed by atoms with Gasteiger partial charge in [-0.1, -0.05) is 0 Å². The molecular weight excluding hydrogens is 196 g/mol. The molecule has 0 aliphatic carbocycles. The van der Waals surface area contributed by atoms with Crippen molar-refractivity contribution in [2.75, 3.05) is 13.1 Å². The second-order valence-electron chi connectivity index (χ2n) is 3.47. The largest absolute Gasteiger partial charge is 0.504 e. The van der Waals surface area contributed by atoms with Gasteiger partial charge in [0.05, 0.1) is 6.21 Å². The molecule has 0 bridgehead atoms. The van der Waals surface area contributed by atoms with Crippen molar-refractivity contribution in [1.29, 1.82) is 0 Å². The van der Waals surface area contributed by atoms with Crippen LogP contribution in [0.2, 0.25) is 0 Å². The van der Waals surface area contributed by atoms with Crippen molar-refractivity contribution in [3.8, 4) is 0 Å². The van der Waals surface area contributed by atoms with Crippen molar-refractivity contribution >= 4 is 18.1 Å². The zero-order valence-corrected chi connectivity index (χ0v) is 8.06. The first kappa shape index (κ1) is 9.68. The van der Waals surface area contributed by atoms with E-state index in [1.165, 1.54) is 5.94 Å². The Kier molecular flexibility index (Phi) is 2.39. The molecule has 0 aromatic carbocycles. The van der Waals surface area contributed by atoms with Crippen molar-refractivity contribution in [2.24, 2.45) is 4.99 Å². The van der Waals surface area contributed by atoms with Gasteiger partial charge in [0.2, 0.25) is 0 Å². The number of nitrogens with zero attached hydrogens (tertiary/aromatic N) is 2. The van der Waals surface area contributed by atoms with Crippen LogP contribution in [0.15, 0.2) is 22.0 Å². The van der Waals surface area contributed by atoms with Crippen molar-refractivity contribution < 1.29 is 14.7 Å². The van der Waals surface area contributed by atoms with Gasteiger partial charge in [0, 0.05) is 13.1 Å². The Labute approximate surface area is 86.4 Å². The molecule has 0 atom stereocenters. The Morgan fingerprint density at radius 1 is 1.47 bits per heavy atom. The second kappa shape index (κ2) is 3.71. The van der Waals surface area contributed by atoms with E-state index in [1.807, 2.05) is 0 Å². The van der Waals surface area contributed by atoms with E-state index in [2.05, 4.69) is 4.99 Å². The van der Waals surface area contributed by atoms with Gasteiger partial charge in [0.15, 0.2) is 11.5 Å². The quantitative estimate of drug-likeness (QED) is 0.624. The fourth-order valence-corrected chi connectivity index (χ4v) is 1.68. The molecule has 1 N–H and O–H groups in total. The molecule has 5 heteroatoms. The minimum absolute atomic E-state index is 0.0461. The summed E-state index contributed by atoms with van der Waals surface area (Å²) in [5.41, 5.74) is -0.104. The summed E-state index contributed by atoms with van der Waals surface area (Å²) in [5.74, 6) is 0.855. The van der Waals surface area contributed by atoms with Crippen LogP contribution in [-0.2, 0) is 9.59 Å². The SMILES string of the molecule is O=C=C1C=NC(C(=O)N2CCCC2)=C1O. The van der Waals surface area contributed by atoms with Crippen LogP contribution in [0.4, 0.5) is 0 Å². The standard InChI is InChI=1S/C10H10N2O3/c13-6-7-5-11-8(9(7)14)10(15)12-3-1-2-4-12/h5,14H,1-4H2. The first-order chi connectivity index (χ1) is 7.24. The predicted octanol–water partition coefficient (Wildman–Crippen LogP) is 0.221. The molecule has 0 unspecified atom stereocenters. The first-order valence-corrected chi connectivity index (χ1v) is 4.76. The third-order valence-electron chi connectivity index (χ3n) is 2.51. The summed E-state index contributed by atoms with van der Waals surface area (Å²) in [6.07, 6.45) is 3.10. The number of carbonyl (C=O) groups is 1. The van der Waals surface area contributed by atoms with Crippen LogP contribution in [0.5, 0.6) is 0 Å². The number of hydrogen-bond acceptors (Lipinski definition) is 4. The number of aliphatic hydroxyl groups is 1. The lowest BCUT2D eigenvalue weighted by Crippen LogP contribution is -2.28. The Balaban J connectivity index is 2.25. The van der Waals surface area contributed by atoms with Gasteiger partial charge in [-0.3, -0.25) is 4.79 Å². The van der Waals surface area contributed by atoms with Gasteiger partial charge in [-0.15, -0.1) is 0 Å². The predicted molar refractivity (Wildman–Crippen MR) is 53.2 cm³/mol. The smallest absolute Gasteiger partial charge is 0.276 e. The van der Waals surface area contributed by atoms with Crippen LogP contribution < -0.4 is 0 Å². The van der Waals surface area contributed by atoms with E-state index in [-0.39, 0.29) is 22.9 Å². The lowest BCUT2D eigenvalue weighted by molar-refractivity contribution is -0.126. The van der Waals surface area contributed by atoms with Gasteiger partial charge >= 0.3 is 0 Å². The molecule has 78 valence electrons. The summed E-state index contributed by atoms with van der Waals surface area (Å²) in [5, 5.41) is 9.49. The van der Waals surface area contributed by atoms with E-state index < -0.39 is 0 Å². The number of allylic oxidation sites excluding steroid dienone is 1. The van der Waals surface area contributed by atoms with Gasteiger partial charge < -0.3 is 10.0 Å². The van der Waals surface area contributed by atoms with Crippen LogP contribution in [0.1, 0.15) is 12.8 Å². The summed E-state index contributed by atoms with van der Waals surface area (Å²) in [6, 6.07) is 0. The Hall–Kier alpha value is -1.87. The van der Waals surface area contributed by atoms with Gasteiger partial charge in [-0.25, -0.2) is 9.79 Å². The molecule has 2 heterocycles. The fraction of sp³-hybridized carbons (Fsp3) is 0.400. The normalized spacial score (nSPS) is 20.0. The maximum atomic E-state index is 11.8. The second-order valence-corrected chi connectivity index (χ2v) is 3.47. The summed E-state index contributed by atoms with van der Waals surface area (Å²) in [7, 11) is 0. The summed E-state index contributed by atoms with van der Waals surface area (Å²) in [4.78, 5) is 27.5. The molecule has 0 spiro atoms. The topological polar surface area (TPSA) is 70.0 Å². The maximum Gasteiger partial charge on any atom is 0.276 e. The number of aliphatic hydroxyl groups excluding tert-OH is 1. The van der Waals surface area contributed by atoms with E-state index in [0.29, 0.717) is 13.1 Å². The molecule has 2 rings (SSSR count). The highest BCUT2D eigenvalue weighted by atomic mass is 16.3. The van der Waals surface area contributed by atoms with E-state index in [9.17, 15) is 14.7 Å². The molecule has 2 aliphatic heterocycles. The van der Waals surface area contributed by atoms with Gasteiger partial charge in [0.25, 0.3) is 5.91 Å². The zero-order valence-electron chi connectivity index (χ0n) is 8.06. The van der Waals surface area contributed by atoms with Gasteiger partial charge in [0.1, 0.15) is 11.5 Å². The molecule has 2 aliphatic rings. The molecular formula is C10H10N2O3. The molecule has 0 radical (unpaired) electrons. The number of likely N-dealkylation sites (tertiary alicyclic amines) is 1. The Bertz CT molecular complexity index is 410. The van der Waals surface area contributed by atoms with Crippen molar-refractivity contribution in [1.82, 2.24) is 4.90 Å². The molecule has 1 fully saturated rings. The number of rotatable bonds is 1. The Morgan fingerprint density at radius 2 is 2.13 bits per heavy atom. The van der Waals surface area contributed by atoms with E-state index in [1.54, 1.807) is 4.90 Å². The van der Waals surface area contributed by atoms with Crippen LogP contribution in [0.25, 0.3) is 0 Å². The van der Waals surface area contributed by atoms with Crippen molar-refractivity contribution in [3.63, 3.8) is 0 Å². The van der Waals surface area contributed by atoms with Gasteiger partial charge in [-0.2, -0.15) is 0 Å². The number of aliphatic imine (C=N–C) groups is 1. The van der Waals surface area contributed by atoms with Gasteiger partial charge in [-0.05, 0) is 12.8 Å². The van der Waals surface area contributed by atoms with Crippen molar-refractivity contribution in [3.05, 3.63) is 17.0 Å². The van der Waals surface area contributed by atoms with Crippen LogP contribution in [0.3, 0.4) is 0 Å². The lowest BCUT2D eigenvalue weighted by Gasteiger charge is -2.14. The van der Waals surface area contributed by atoms with E-state index in [0.717, 1.165) is 19.1 Å². The van der Waals surface area contributed by atoms with Crippen LogP contribution >= 0.6 is 0 Å². The summed E-state index contributed by atoms with van der Waals surface area (Å²) in [6.45, 7) is 1.37. The highest BCUT2D eigenvalue weighted by molar-refractivity contribution is 6.06. The minimum atomic E-state index is -0.359. The average molecular weight is 206 g/mol. The highest BCUT2D eigenvalue weighted by Gasteiger charge is 2.28. The molecule has 0 aromatic rings. The zero-order chi connectivity index (χ0) is 10.8. The van der Waals surface area contributed by atoms with Crippen LogP contribution in [0, 0.1) is 0 Å². The van der Waals surface area contributed by atoms with E-state index in [4.69, 9.17) is 0 Å². The number of amides is 1. The maximum absolute atomic E-state index is 11.8. The van der Waals surface area contributed by atoms with Crippen LogP contribution in [-0.4, -0.2) is 41.2 Å². The minimum Gasteiger partial charge on any atom is -0.504 e. The number of carbonyl (C=O) groups excluding carboxylic acids is 2. The molecule has 1 amide bonds. The molecule has 0 saturated carbocycles. The molecule has 1 saturated heterocycles. The summed E-state index contributed by atoms with van der Waals surface area (Å²) < 4.78 is 0. The lowest BCUT2D eigenvalue weighted by atomic mass is 10.2. The monoisotopic (exact) mass is 206 g/mol. The molecule has 0 aromatic heterocycles. The van der Waals surface area contributed by atoms with E-state index >= 15 is 0 Å². The number of hydrogen-bond donors (Lipinski definition) is 1. The third-order valence-corrected chi connectivity index (χ3v) is 2.51. The Morgan fingerprint density at radius 3 is 2.67 bits per heavy atom. The fourth-order valence-electron chi connectivity index (χ4n) is 1.68. The molecule has 15 heavy (non-hydrogen) atoms. The average Bonchev–Trinajstić information content (AvgIpc) is 2.85.